The van der Waals surface area contributed by atoms with Crippen LogP contribution in [0.3, 0.4) is 0 Å². The van der Waals surface area contributed by atoms with Crippen molar-refractivity contribution in [2.75, 3.05) is 6.54 Å². The second-order valence-corrected chi connectivity index (χ2v) is 3.69. The van der Waals surface area contributed by atoms with Crippen LogP contribution >= 0.6 is 0 Å². The number of phenols is 1. The Labute approximate surface area is 91.2 Å². The van der Waals surface area contributed by atoms with Crippen molar-refractivity contribution in [3.05, 3.63) is 30.2 Å². The minimum atomic E-state index is 0.129. The summed E-state index contributed by atoms with van der Waals surface area (Å²) in [5.74, 6) is 0.129. The van der Waals surface area contributed by atoms with E-state index in [-0.39, 0.29) is 5.75 Å². The molecule has 82 valence electrons. The zero-order chi connectivity index (χ0) is 11.1. The molecule has 2 aromatic heterocycles. The van der Waals surface area contributed by atoms with Crippen LogP contribution in [0, 0.1) is 0 Å². The summed E-state index contributed by atoms with van der Waals surface area (Å²) < 4.78 is 10.7. The molecule has 0 aliphatic carbocycles. The molecule has 1 aromatic carbocycles. The topological polar surface area (TPSA) is 72.5 Å². The number of phenolic OH excluding ortho intramolecular Hbond substituents is 1. The second kappa shape index (κ2) is 3.28. The lowest BCUT2D eigenvalue weighted by atomic mass is 10.0. The number of aromatic hydroxyl groups is 1. The summed E-state index contributed by atoms with van der Waals surface area (Å²) in [4.78, 5) is 0. The monoisotopic (exact) mass is 217 g/mol. The van der Waals surface area contributed by atoms with E-state index < -0.39 is 0 Å². The van der Waals surface area contributed by atoms with Crippen LogP contribution in [-0.2, 0) is 6.42 Å². The van der Waals surface area contributed by atoms with Crippen molar-refractivity contribution in [1.82, 2.24) is 0 Å². The SMILES string of the molecule is NCCc1c2ccoc2c(O)c2ccoc12. The third kappa shape index (κ3) is 1.07. The molecule has 0 atom stereocenters. The molecule has 3 N–H and O–H groups in total. The Hall–Kier alpha value is -1.94. The van der Waals surface area contributed by atoms with Gasteiger partial charge in [0.2, 0.25) is 0 Å². The molecule has 0 unspecified atom stereocenters. The third-order valence-electron chi connectivity index (χ3n) is 2.79. The molecule has 16 heavy (non-hydrogen) atoms. The molecule has 0 aliphatic rings. The van der Waals surface area contributed by atoms with Gasteiger partial charge in [0.25, 0.3) is 0 Å². The number of rotatable bonds is 2. The highest BCUT2D eigenvalue weighted by atomic mass is 16.4. The van der Waals surface area contributed by atoms with Crippen LogP contribution in [0.1, 0.15) is 5.56 Å². The first kappa shape index (κ1) is 9.30. The van der Waals surface area contributed by atoms with Crippen LogP contribution in [0.2, 0.25) is 0 Å². The van der Waals surface area contributed by atoms with Gasteiger partial charge in [-0.3, -0.25) is 0 Å². The molecule has 0 saturated carbocycles. The molecule has 0 spiro atoms. The number of nitrogens with two attached hydrogens (primary N) is 1. The van der Waals surface area contributed by atoms with Gasteiger partial charge in [0, 0.05) is 10.9 Å². The van der Waals surface area contributed by atoms with E-state index in [0.29, 0.717) is 29.5 Å². The fourth-order valence-electron chi connectivity index (χ4n) is 2.10. The zero-order valence-electron chi connectivity index (χ0n) is 8.56. The molecule has 3 rings (SSSR count). The van der Waals surface area contributed by atoms with Crippen LogP contribution in [0.4, 0.5) is 0 Å². The Kier molecular flexibility index (Phi) is 1.91. The maximum Gasteiger partial charge on any atom is 0.176 e. The van der Waals surface area contributed by atoms with E-state index in [9.17, 15) is 5.11 Å². The second-order valence-electron chi connectivity index (χ2n) is 3.69. The number of benzene rings is 1. The molecule has 0 radical (unpaired) electrons. The smallest absolute Gasteiger partial charge is 0.176 e. The van der Waals surface area contributed by atoms with Gasteiger partial charge in [-0.25, -0.2) is 0 Å². The Morgan fingerprint density at radius 3 is 2.50 bits per heavy atom. The first-order chi connectivity index (χ1) is 7.83. The van der Waals surface area contributed by atoms with Crippen molar-refractivity contribution in [3.63, 3.8) is 0 Å². The Balaban J connectivity index is 2.51. The molecule has 4 heteroatoms. The lowest BCUT2D eigenvalue weighted by molar-refractivity contribution is 0.470. The van der Waals surface area contributed by atoms with Crippen molar-refractivity contribution >= 4 is 21.9 Å². The van der Waals surface area contributed by atoms with E-state index in [0.717, 1.165) is 10.9 Å². The molecule has 0 amide bonds. The number of furan rings is 2. The maximum absolute atomic E-state index is 10.00. The third-order valence-corrected chi connectivity index (χ3v) is 2.79. The van der Waals surface area contributed by atoms with E-state index in [1.807, 2.05) is 6.07 Å². The molecular weight excluding hydrogens is 206 g/mol. The average molecular weight is 217 g/mol. The van der Waals surface area contributed by atoms with Crippen LogP contribution in [0.5, 0.6) is 5.75 Å². The molecular formula is C12H11NO3. The van der Waals surface area contributed by atoms with E-state index in [4.69, 9.17) is 14.6 Å². The highest BCUT2D eigenvalue weighted by Gasteiger charge is 2.17. The Morgan fingerprint density at radius 1 is 1.06 bits per heavy atom. The predicted molar refractivity (Wildman–Crippen MR) is 60.4 cm³/mol. The first-order valence-corrected chi connectivity index (χ1v) is 5.11. The number of fused-ring (bicyclic) bond motifs is 2. The Morgan fingerprint density at radius 2 is 1.75 bits per heavy atom. The average Bonchev–Trinajstić information content (AvgIpc) is 2.92. The quantitative estimate of drug-likeness (QED) is 0.691. The first-order valence-electron chi connectivity index (χ1n) is 5.11. The lowest BCUT2D eigenvalue weighted by Crippen LogP contribution is -2.03. The van der Waals surface area contributed by atoms with Crippen molar-refractivity contribution in [3.8, 4) is 5.75 Å². The van der Waals surface area contributed by atoms with Gasteiger partial charge in [-0.1, -0.05) is 0 Å². The number of hydrogen-bond acceptors (Lipinski definition) is 4. The molecule has 2 heterocycles. The molecule has 0 bridgehead atoms. The summed E-state index contributed by atoms with van der Waals surface area (Å²) in [6, 6.07) is 3.55. The highest BCUT2D eigenvalue weighted by Crippen LogP contribution is 2.38. The minimum absolute atomic E-state index is 0.129. The van der Waals surface area contributed by atoms with Crippen molar-refractivity contribution in [2.45, 2.75) is 6.42 Å². The maximum atomic E-state index is 10.00. The van der Waals surface area contributed by atoms with E-state index in [2.05, 4.69) is 0 Å². The van der Waals surface area contributed by atoms with Crippen LogP contribution in [0.25, 0.3) is 21.9 Å². The fraction of sp³-hybridized carbons (Fsp3) is 0.167. The normalized spacial score (nSPS) is 11.6. The minimum Gasteiger partial charge on any atom is -0.504 e. The summed E-state index contributed by atoms with van der Waals surface area (Å²) in [6.45, 7) is 0.529. The summed E-state index contributed by atoms with van der Waals surface area (Å²) in [5.41, 5.74) is 7.76. The van der Waals surface area contributed by atoms with Crippen molar-refractivity contribution < 1.29 is 13.9 Å². The molecule has 0 fully saturated rings. The van der Waals surface area contributed by atoms with Crippen molar-refractivity contribution in [1.29, 1.82) is 0 Å². The summed E-state index contributed by atoms with van der Waals surface area (Å²) >= 11 is 0. The van der Waals surface area contributed by atoms with Gasteiger partial charge in [0.1, 0.15) is 5.58 Å². The van der Waals surface area contributed by atoms with Gasteiger partial charge in [-0.05, 0) is 25.1 Å². The molecule has 0 aliphatic heterocycles. The standard InChI is InChI=1S/C12H11NO3/c13-4-1-7-8-2-5-16-12(8)10(14)9-3-6-15-11(7)9/h2-3,5-6,14H,1,4,13H2. The molecule has 3 aromatic rings. The van der Waals surface area contributed by atoms with Crippen molar-refractivity contribution in [2.24, 2.45) is 5.73 Å². The summed E-state index contributed by atoms with van der Waals surface area (Å²) in [5, 5.41) is 11.5. The van der Waals surface area contributed by atoms with E-state index >= 15 is 0 Å². The van der Waals surface area contributed by atoms with E-state index in [1.165, 1.54) is 0 Å². The van der Waals surface area contributed by atoms with Gasteiger partial charge < -0.3 is 19.7 Å². The summed E-state index contributed by atoms with van der Waals surface area (Å²) in [6.07, 6.45) is 3.81. The molecule has 4 nitrogen and oxygen atoms in total. The molecule has 0 saturated heterocycles. The van der Waals surface area contributed by atoms with Gasteiger partial charge >= 0.3 is 0 Å². The lowest BCUT2D eigenvalue weighted by Gasteiger charge is -2.04. The fourth-order valence-corrected chi connectivity index (χ4v) is 2.10. The van der Waals surface area contributed by atoms with Crippen LogP contribution in [-0.4, -0.2) is 11.7 Å². The van der Waals surface area contributed by atoms with E-state index in [1.54, 1.807) is 18.6 Å². The number of hydrogen-bond donors (Lipinski definition) is 2. The van der Waals surface area contributed by atoms with Gasteiger partial charge in [0.05, 0.1) is 17.9 Å². The largest absolute Gasteiger partial charge is 0.504 e. The van der Waals surface area contributed by atoms with Gasteiger partial charge in [-0.2, -0.15) is 0 Å². The predicted octanol–water partition coefficient (Wildman–Crippen LogP) is 2.39. The zero-order valence-corrected chi connectivity index (χ0v) is 8.56. The summed E-state index contributed by atoms with van der Waals surface area (Å²) in [7, 11) is 0. The highest BCUT2D eigenvalue weighted by molar-refractivity contribution is 6.03. The van der Waals surface area contributed by atoms with Gasteiger partial charge in [0.15, 0.2) is 11.3 Å². The van der Waals surface area contributed by atoms with Gasteiger partial charge in [-0.15, -0.1) is 0 Å². The van der Waals surface area contributed by atoms with Crippen LogP contribution < -0.4 is 5.73 Å². The van der Waals surface area contributed by atoms with Crippen LogP contribution in [0.15, 0.2) is 33.5 Å². The Bertz CT molecular complexity index is 599.